The van der Waals surface area contributed by atoms with Crippen molar-refractivity contribution in [3.63, 3.8) is 0 Å². The van der Waals surface area contributed by atoms with Gasteiger partial charge in [-0.25, -0.2) is 0 Å². The minimum absolute atomic E-state index is 0.440. The quantitative estimate of drug-likeness (QED) is 0.514. The SMILES string of the molecule is CCCCCCC(C)NOCc1ccccc1. The number of rotatable bonds is 9. The van der Waals surface area contributed by atoms with Crippen molar-refractivity contribution in [2.45, 2.75) is 58.6 Å². The van der Waals surface area contributed by atoms with Crippen LogP contribution in [0.25, 0.3) is 0 Å². The Kier molecular flexibility index (Phi) is 7.69. The molecule has 2 nitrogen and oxygen atoms in total. The molecular formula is C15H25NO. The van der Waals surface area contributed by atoms with Crippen molar-refractivity contribution in [2.24, 2.45) is 0 Å². The van der Waals surface area contributed by atoms with Crippen molar-refractivity contribution in [1.29, 1.82) is 0 Å². The summed E-state index contributed by atoms with van der Waals surface area (Å²) in [4.78, 5) is 5.49. The Morgan fingerprint density at radius 1 is 1.12 bits per heavy atom. The van der Waals surface area contributed by atoms with Crippen LogP contribution >= 0.6 is 0 Å². The second-order valence-corrected chi connectivity index (χ2v) is 4.64. The normalized spacial score (nSPS) is 12.6. The maximum atomic E-state index is 5.49. The zero-order chi connectivity index (χ0) is 12.3. The highest BCUT2D eigenvalue weighted by Gasteiger charge is 2.01. The monoisotopic (exact) mass is 235 g/mol. The molecule has 96 valence electrons. The Balaban J connectivity index is 2.02. The number of benzene rings is 1. The minimum Gasteiger partial charge on any atom is -0.297 e. The van der Waals surface area contributed by atoms with Crippen molar-refractivity contribution in [2.75, 3.05) is 0 Å². The molecule has 1 aromatic carbocycles. The molecule has 1 aromatic rings. The third kappa shape index (κ3) is 7.14. The summed E-state index contributed by atoms with van der Waals surface area (Å²) in [6.07, 6.45) is 6.45. The Hall–Kier alpha value is -0.860. The van der Waals surface area contributed by atoms with E-state index in [2.05, 4.69) is 31.5 Å². The fourth-order valence-electron chi connectivity index (χ4n) is 1.78. The molecule has 0 spiro atoms. The molecule has 0 aliphatic carbocycles. The minimum atomic E-state index is 0.440. The summed E-state index contributed by atoms with van der Waals surface area (Å²) < 4.78 is 0. The molecule has 0 bridgehead atoms. The molecule has 0 aliphatic heterocycles. The van der Waals surface area contributed by atoms with Crippen LogP contribution in [0.4, 0.5) is 0 Å². The van der Waals surface area contributed by atoms with Crippen molar-refractivity contribution in [1.82, 2.24) is 5.48 Å². The van der Waals surface area contributed by atoms with Crippen LogP contribution in [0.15, 0.2) is 30.3 Å². The van der Waals surface area contributed by atoms with Crippen LogP contribution in [0.2, 0.25) is 0 Å². The van der Waals surface area contributed by atoms with Gasteiger partial charge in [0, 0.05) is 6.04 Å². The van der Waals surface area contributed by atoms with Gasteiger partial charge in [0.2, 0.25) is 0 Å². The zero-order valence-electron chi connectivity index (χ0n) is 11.1. The molecule has 1 unspecified atom stereocenters. The lowest BCUT2D eigenvalue weighted by Crippen LogP contribution is -2.25. The summed E-state index contributed by atoms with van der Waals surface area (Å²) in [5.74, 6) is 0. The van der Waals surface area contributed by atoms with Crippen LogP contribution in [0.3, 0.4) is 0 Å². The number of unbranched alkanes of at least 4 members (excludes halogenated alkanes) is 3. The smallest absolute Gasteiger partial charge is 0.0933 e. The van der Waals surface area contributed by atoms with Gasteiger partial charge in [0.05, 0.1) is 6.61 Å². The molecule has 1 N–H and O–H groups in total. The molecule has 0 saturated heterocycles. The van der Waals surface area contributed by atoms with E-state index in [9.17, 15) is 0 Å². The molecule has 0 saturated carbocycles. The summed E-state index contributed by atoms with van der Waals surface area (Å²) in [5.41, 5.74) is 4.31. The van der Waals surface area contributed by atoms with Crippen molar-refractivity contribution >= 4 is 0 Å². The van der Waals surface area contributed by atoms with Crippen LogP contribution in [0.5, 0.6) is 0 Å². The molecular weight excluding hydrogens is 210 g/mol. The maximum absolute atomic E-state index is 5.49. The second kappa shape index (κ2) is 9.20. The highest BCUT2D eigenvalue weighted by Crippen LogP contribution is 2.06. The first-order valence-electron chi connectivity index (χ1n) is 6.74. The van der Waals surface area contributed by atoms with E-state index in [1.807, 2.05) is 18.2 Å². The van der Waals surface area contributed by atoms with Gasteiger partial charge in [0.1, 0.15) is 0 Å². The van der Waals surface area contributed by atoms with E-state index in [-0.39, 0.29) is 0 Å². The molecule has 17 heavy (non-hydrogen) atoms. The number of nitrogens with one attached hydrogen (secondary N) is 1. The molecule has 2 heteroatoms. The highest BCUT2D eigenvalue weighted by molar-refractivity contribution is 5.13. The fraction of sp³-hybridized carbons (Fsp3) is 0.600. The Morgan fingerprint density at radius 3 is 2.59 bits per heavy atom. The van der Waals surface area contributed by atoms with Gasteiger partial charge in [-0.3, -0.25) is 4.84 Å². The maximum Gasteiger partial charge on any atom is 0.0933 e. The fourth-order valence-corrected chi connectivity index (χ4v) is 1.78. The highest BCUT2D eigenvalue weighted by atomic mass is 16.6. The third-order valence-electron chi connectivity index (χ3n) is 2.86. The third-order valence-corrected chi connectivity index (χ3v) is 2.86. The van der Waals surface area contributed by atoms with Crippen LogP contribution in [0.1, 0.15) is 51.5 Å². The van der Waals surface area contributed by atoms with Gasteiger partial charge in [-0.05, 0) is 18.9 Å². The van der Waals surface area contributed by atoms with Crippen LogP contribution in [-0.2, 0) is 11.4 Å². The lowest BCUT2D eigenvalue weighted by molar-refractivity contribution is 0.00531. The molecule has 0 amide bonds. The van der Waals surface area contributed by atoms with Crippen LogP contribution in [0, 0.1) is 0 Å². The van der Waals surface area contributed by atoms with Gasteiger partial charge in [-0.2, -0.15) is 5.48 Å². The van der Waals surface area contributed by atoms with E-state index < -0.39 is 0 Å². The summed E-state index contributed by atoms with van der Waals surface area (Å²) in [6, 6.07) is 10.7. The number of hydrogen-bond acceptors (Lipinski definition) is 2. The molecule has 0 aromatic heterocycles. The molecule has 0 fully saturated rings. The van der Waals surface area contributed by atoms with Gasteiger partial charge >= 0.3 is 0 Å². The molecule has 1 rings (SSSR count). The summed E-state index contributed by atoms with van der Waals surface area (Å²) in [6.45, 7) is 5.06. The lowest BCUT2D eigenvalue weighted by atomic mass is 10.1. The zero-order valence-corrected chi connectivity index (χ0v) is 11.1. The van der Waals surface area contributed by atoms with Gasteiger partial charge < -0.3 is 0 Å². The van der Waals surface area contributed by atoms with Gasteiger partial charge in [-0.15, -0.1) is 0 Å². The first kappa shape index (κ1) is 14.2. The summed E-state index contributed by atoms with van der Waals surface area (Å²) in [7, 11) is 0. The molecule has 0 aliphatic rings. The van der Waals surface area contributed by atoms with Gasteiger partial charge in [0.15, 0.2) is 0 Å². The van der Waals surface area contributed by atoms with Crippen molar-refractivity contribution < 1.29 is 4.84 Å². The lowest BCUT2D eigenvalue weighted by Gasteiger charge is -2.13. The van der Waals surface area contributed by atoms with E-state index in [4.69, 9.17) is 4.84 Å². The van der Waals surface area contributed by atoms with Crippen molar-refractivity contribution in [3.8, 4) is 0 Å². The first-order valence-corrected chi connectivity index (χ1v) is 6.74. The summed E-state index contributed by atoms with van der Waals surface area (Å²) in [5, 5.41) is 0. The van der Waals surface area contributed by atoms with Crippen molar-refractivity contribution in [3.05, 3.63) is 35.9 Å². The second-order valence-electron chi connectivity index (χ2n) is 4.64. The molecule has 1 atom stereocenters. The van der Waals surface area contributed by atoms with Crippen LogP contribution in [-0.4, -0.2) is 6.04 Å². The topological polar surface area (TPSA) is 21.3 Å². The van der Waals surface area contributed by atoms with E-state index in [1.54, 1.807) is 0 Å². The first-order chi connectivity index (χ1) is 8.33. The standard InChI is InChI=1S/C15H25NO/c1-3-4-5-7-10-14(2)16-17-13-15-11-8-6-9-12-15/h6,8-9,11-12,14,16H,3-5,7,10,13H2,1-2H3. The van der Waals surface area contributed by atoms with E-state index >= 15 is 0 Å². The van der Waals surface area contributed by atoms with Crippen LogP contribution < -0.4 is 5.48 Å². The molecule has 0 heterocycles. The summed E-state index contributed by atoms with van der Waals surface area (Å²) >= 11 is 0. The van der Waals surface area contributed by atoms with E-state index in [1.165, 1.54) is 37.7 Å². The predicted octanol–water partition coefficient (Wildman–Crippen LogP) is 4.07. The van der Waals surface area contributed by atoms with E-state index in [0.717, 1.165) is 0 Å². The largest absolute Gasteiger partial charge is 0.297 e. The Bertz CT molecular complexity index is 274. The molecule has 0 radical (unpaired) electrons. The van der Waals surface area contributed by atoms with Gasteiger partial charge in [-0.1, -0.05) is 62.9 Å². The average molecular weight is 235 g/mol. The Labute approximate surface area is 105 Å². The van der Waals surface area contributed by atoms with Gasteiger partial charge in [0.25, 0.3) is 0 Å². The number of hydrogen-bond donors (Lipinski definition) is 1. The predicted molar refractivity (Wildman–Crippen MR) is 72.6 cm³/mol. The van der Waals surface area contributed by atoms with E-state index in [0.29, 0.717) is 12.6 Å². The number of hydroxylamine groups is 1. The average Bonchev–Trinajstić information content (AvgIpc) is 2.36. The Morgan fingerprint density at radius 2 is 1.88 bits per heavy atom.